The molecule has 178 valence electrons. The number of likely N-dealkylation sites (tertiary alicyclic amines) is 1. The second-order valence-electron chi connectivity index (χ2n) is 9.44. The highest BCUT2D eigenvalue weighted by Gasteiger charge is 2.17. The van der Waals surface area contributed by atoms with Crippen LogP contribution in [0.25, 0.3) is 50.4 Å². The monoisotopic (exact) mass is 475 g/mol. The summed E-state index contributed by atoms with van der Waals surface area (Å²) in [4.78, 5) is 24.4. The van der Waals surface area contributed by atoms with Crippen LogP contribution in [0, 0.1) is 6.92 Å². The molecule has 0 aliphatic carbocycles. The average molecular weight is 476 g/mol. The number of rotatable bonds is 5. The molecule has 0 bridgehead atoms. The number of imidazole rings is 2. The van der Waals surface area contributed by atoms with Crippen molar-refractivity contribution >= 4 is 22.1 Å². The number of nitrogens with zero attached hydrogens (tertiary/aromatic N) is 7. The van der Waals surface area contributed by atoms with Crippen LogP contribution in [0.15, 0.2) is 61.4 Å². The fourth-order valence-corrected chi connectivity index (χ4v) is 5.07. The standard InChI is InChI=1S/C27H25N9/c1-17-14-36(16-30-17)23-6-4-5-22-25(23)32-27(31-22)24-21-10-20(13-29-26(21)34-33-24)19-9-18(11-28-12-19)15-35-7-2-3-8-35/h4-6,9-14,16H,2-3,7-8,15H2,1H3,(H,31,32)(H,29,33,34). The number of para-hydroxylation sites is 1. The molecule has 0 amide bonds. The van der Waals surface area contributed by atoms with Gasteiger partial charge in [0.25, 0.3) is 0 Å². The van der Waals surface area contributed by atoms with Gasteiger partial charge in [-0.1, -0.05) is 6.07 Å². The SMILES string of the molecule is Cc1cn(-c2cccc3[nH]c(-c4[nH]nc5ncc(-c6cncc(CN7CCCC7)c6)cc45)nc23)cn1. The normalized spacial score (nSPS) is 14.4. The molecule has 6 aromatic rings. The van der Waals surface area contributed by atoms with Crippen molar-refractivity contribution in [3.63, 3.8) is 0 Å². The van der Waals surface area contributed by atoms with E-state index < -0.39 is 0 Å². The molecule has 5 aromatic heterocycles. The summed E-state index contributed by atoms with van der Waals surface area (Å²) in [6, 6.07) is 10.4. The first-order chi connectivity index (χ1) is 17.7. The molecule has 1 aromatic carbocycles. The first-order valence-electron chi connectivity index (χ1n) is 12.2. The second-order valence-corrected chi connectivity index (χ2v) is 9.44. The molecule has 0 spiro atoms. The molecule has 0 atom stereocenters. The van der Waals surface area contributed by atoms with Gasteiger partial charge in [-0.2, -0.15) is 5.10 Å². The molecule has 0 saturated carbocycles. The Labute approximate surface area is 207 Å². The molecule has 6 heterocycles. The van der Waals surface area contributed by atoms with E-state index in [9.17, 15) is 0 Å². The van der Waals surface area contributed by atoms with E-state index in [-0.39, 0.29) is 0 Å². The molecule has 1 aliphatic rings. The highest BCUT2D eigenvalue weighted by Crippen LogP contribution is 2.30. The van der Waals surface area contributed by atoms with Crippen LogP contribution in [-0.2, 0) is 6.54 Å². The zero-order chi connectivity index (χ0) is 24.1. The van der Waals surface area contributed by atoms with E-state index in [1.807, 2.05) is 60.8 Å². The number of benzene rings is 1. The zero-order valence-corrected chi connectivity index (χ0v) is 19.9. The van der Waals surface area contributed by atoms with E-state index in [2.05, 4.69) is 47.2 Å². The van der Waals surface area contributed by atoms with Gasteiger partial charge in [0.1, 0.15) is 11.2 Å². The summed E-state index contributed by atoms with van der Waals surface area (Å²) in [6.45, 7) is 5.24. The minimum atomic E-state index is 0.654. The van der Waals surface area contributed by atoms with Crippen LogP contribution in [0.1, 0.15) is 24.1 Å². The molecule has 1 fully saturated rings. The summed E-state index contributed by atoms with van der Waals surface area (Å²) in [6.07, 6.45) is 12.1. The number of H-pyrrole nitrogens is 2. The van der Waals surface area contributed by atoms with E-state index in [1.54, 1.807) is 0 Å². The van der Waals surface area contributed by atoms with Gasteiger partial charge in [-0.15, -0.1) is 0 Å². The summed E-state index contributed by atoms with van der Waals surface area (Å²) < 4.78 is 2.00. The Balaban J connectivity index is 1.28. The third-order valence-corrected chi connectivity index (χ3v) is 6.86. The van der Waals surface area contributed by atoms with Gasteiger partial charge < -0.3 is 9.55 Å². The summed E-state index contributed by atoms with van der Waals surface area (Å²) in [7, 11) is 0. The maximum absolute atomic E-state index is 4.94. The van der Waals surface area contributed by atoms with Crippen LogP contribution in [0.4, 0.5) is 0 Å². The molecule has 7 rings (SSSR count). The maximum atomic E-state index is 4.94. The van der Waals surface area contributed by atoms with Gasteiger partial charge in [0.15, 0.2) is 11.5 Å². The van der Waals surface area contributed by atoms with Gasteiger partial charge in [0.05, 0.1) is 28.6 Å². The van der Waals surface area contributed by atoms with Crippen molar-refractivity contribution in [1.29, 1.82) is 0 Å². The number of fused-ring (bicyclic) bond motifs is 2. The Morgan fingerprint density at radius 3 is 2.75 bits per heavy atom. The van der Waals surface area contributed by atoms with Crippen LogP contribution < -0.4 is 0 Å². The number of aryl methyl sites for hydroxylation is 1. The number of aromatic nitrogens is 8. The Morgan fingerprint density at radius 2 is 1.89 bits per heavy atom. The number of nitrogens with one attached hydrogen (secondary N) is 2. The predicted octanol–water partition coefficient (Wildman–Crippen LogP) is 4.65. The van der Waals surface area contributed by atoms with E-state index >= 15 is 0 Å². The minimum absolute atomic E-state index is 0.654. The Hall–Kier alpha value is -4.37. The molecule has 9 nitrogen and oxygen atoms in total. The van der Waals surface area contributed by atoms with Crippen molar-refractivity contribution in [3.05, 3.63) is 72.7 Å². The van der Waals surface area contributed by atoms with E-state index in [0.717, 1.165) is 70.1 Å². The van der Waals surface area contributed by atoms with Gasteiger partial charge in [0.2, 0.25) is 0 Å². The quantitative estimate of drug-likeness (QED) is 0.376. The smallest absolute Gasteiger partial charge is 0.181 e. The molecular formula is C27H25N9. The van der Waals surface area contributed by atoms with Crippen molar-refractivity contribution in [2.45, 2.75) is 26.3 Å². The first-order valence-corrected chi connectivity index (χ1v) is 12.2. The molecule has 9 heteroatoms. The first kappa shape index (κ1) is 21.0. The van der Waals surface area contributed by atoms with Crippen molar-refractivity contribution in [2.24, 2.45) is 0 Å². The maximum Gasteiger partial charge on any atom is 0.181 e. The van der Waals surface area contributed by atoms with Gasteiger partial charge in [-0.3, -0.25) is 15.0 Å². The largest absolute Gasteiger partial charge is 0.337 e. The average Bonchev–Trinajstić information content (AvgIpc) is 3.70. The van der Waals surface area contributed by atoms with Gasteiger partial charge in [-0.05, 0) is 62.7 Å². The minimum Gasteiger partial charge on any atom is -0.337 e. The lowest BCUT2D eigenvalue weighted by Crippen LogP contribution is -2.18. The Morgan fingerprint density at radius 1 is 1.00 bits per heavy atom. The summed E-state index contributed by atoms with van der Waals surface area (Å²) in [5.74, 6) is 0.719. The summed E-state index contributed by atoms with van der Waals surface area (Å²) in [5.41, 5.74) is 8.49. The Bertz CT molecular complexity index is 1700. The zero-order valence-electron chi connectivity index (χ0n) is 19.9. The molecular weight excluding hydrogens is 450 g/mol. The van der Waals surface area contributed by atoms with Crippen LogP contribution in [0.2, 0.25) is 0 Å². The summed E-state index contributed by atoms with van der Waals surface area (Å²) in [5, 5.41) is 8.49. The van der Waals surface area contributed by atoms with E-state index in [4.69, 9.17) is 4.98 Å². The summed E-state index contributed by atoms with van der Waals surface area (Å²) >= 11 is 0. The second kappa shape index (κ2) is 8.39. The van der Waals surface area contributed by atoms with Crippen molar-refractivity contribution in [2.75, 3.05) is 13.1 Å². The highest BCUT2D eigenvalue weighted by molar-refractivity contribution is 5.94. The molecule has 1 aliphatic heterocycles. The van der Waals surface area contributed by atoms with Crippen molar-refractivity contribution < 1.29 is 0 Å². The number of hydrogen-bond acceptors (Lipinski definition) is 6. The third-order valence-electron chi connectivity index (χ3n) is 6.86. The van der Waals surface area contributed by atoms with E-state index in [1.165, 1.54) is 18.4 Å². The number of aromatic amines is 2. The highest BCUT2D eigenvalue weighted by atomic mass is 15.2. The predicted molar refractivity (Wildman–Crippen MR) is 139 cm³/mol. The lowest BCUT2D eigenvalue weighted by Gasteiger charge is -2.14. The lowest BCUT2D eigenvalue weighted by molar-refractivity contribution is 0.331. The molecule has 0 unspecified atom stereocenters. The van der Waals surface area contributed by atoms with Crippen molar-refractivity contribution in [3.8, 4) is 28.3 Å². The fraction of sp³-hybridized carbons (Fsp3) is 0.222. The van der Waals surface area contributed by atoms with Crippen LogP contribution in [-0.4, -0.2) is 57.7 Å². The molecule has 1 saturated heterocycles. The Kier molecular flexibility index (Phi) is 4.88. The number of pyridine rings is 2. The number of hydrogen-bond donors (Lipinski definition) is 2. The molecule has 2 N–H and O–H groups in total. The van der Waals surface area contributed by atoms with Gasteiger partial charge in [-0.25, -0.2) is 15.0 Å². The van der Waals surface area contributed by atoms with Crippen LogP contribution in [0.5, 0.6) is 0 Å². The van der Waals surface area contributed by atoms with Gasteiger partial charge >= 0.3 is 0 Å². The molecule has 36 heavy (non-hydrogen) atoms. The topological polar surface area (TPSA) is 104 Å². The van der Waals surface area contributed by atoms with Crippen molar-refractivity contribution in [1.82, 2.24) is 44.6 Å². The van der Waals surface area contributed by atoms with Crippen LogP contribution >= 0.6 is 0 Å². The third kappa shape index (κ3) is 3.64. The fourth-order valence-electron chi connectivity index (χ4n) is 5.07. The van der Waals surface area contributed by atoms with Gasteiger partial charge in [0, 0.05) is 42.5 Å². The molecule has 0 radical (unpaired) electrons. The van der Waals surface area contributed by atoms with E-state index in [0.29, 0.717) is 5.65 Å². The lowest BCUT2D eigenvalue weighted by atomic mass is 10.1. The van der Waals surface area contributed by atoms with Crippen LogP contribution in [0.3, 0.4) is 0 Å².